The van der Waals surface area contributed by atoms with E-state index in [1.165, 1.54) is 24.7 Å². The number of nitrogens with zero attached hydrogens (tertiary/aromatic N) is 1. The van der Waals surface area contributed by atoms with Gasteiger partial charge in [-0.25, -0.2) is 4.72 Å². The molecule has 7 nitrogen and oxygen atoms in total. The van der Waals surface area contributed by atoms with Crippen molar-refractivity contribution in [3.63, 3.8) is 0 Å². The SMILES string of the molecule is O=C(NS(=O)(=O)Nc1cccnc1)c1c[nH]c2ccccc12. The van der Waals surface area contributed by atoms with Gasteiger partial charge in [-0.2, -0.15) is 8.42 Å². The number of carbonyl (C=O) groups is 1. The number of rotatable bonds is 4. The summed E-state index contributed by atoms with van der Waals surface area (Å²) in [5.41, 5.74) is 1.28. The number of H-pyrrole nitrogens is 1. The number of amides is 1. The van der Waals surface area contributed by atoms with Crippen LogP contribution in [0.3, 0.4) is 0 Å². The van der Waals surface area contributed by atoms with Crippen molar-refractivity contribution in [2.24, 2.45) is 0 Å². The first kappa shape index (κ1) is 14.1. The lowest BCUT2D eigenvalue weighted by atomic mass is 10.2. The molecule has 0 aliphatic heterocycles. The summed E-state index contributed by atoms with van der Waals surface area (Å²) < 4.78 is 28.1. The predicted octanol–water partition coefficient (Wildman–Crippen LogP) is 1.65. The fourth-order valence-corrected chi connectivity index (χ4v) is 2.88. The van der Waals surface area contributed by atoms with E-state index in [0.717, 1.165) is 5.52 Å². The van der Waals surface area contributed by atoms with Crippen LogP contribution in [0, 0.1) is 0 Å². The van der Waals surface area contributed by atoms with Gasteiger partial charge in [0.25, 0.3) is 5.91 Å². The Kier molecular flexibility index (Phi) is 3.51. The maximum atomic E-state index is 12.2. The minimum absolute atomic E-state index is 0.257. The number of hydrogen-bond donors (Lipinski definition) is 3. The van der Waals surface area contributed by atoms with Gasteiger partial charge in [0.1, 0.15) is 0 Å². The van der Waals surface area contributed by atoms with Crippen LogP contribution in [0.15, 0.2) is 55.0 Å². The Morgan fingerprint density at radius 2 is 1.95 bits per heavy atom. The lowest BCUT2D eigenvalue weighted by Crippen LogP contribution is -2.35. The van der Waals surface area contributed by atoms with E-state index in [0.29, 0.717) is 5.39 Å². The van der Waals surface area contributed by atoms with Crippen molar-refractivity contribution in [2.75, 3.05) is 4.72 Å². The van der Waals surface area contributed by atoms with Crippen LogP contribution < -0.4 is 9.44 Å². The Hall–Kier alpha value is -2.87. The predicted molar refractivity (Wildman–Crippen MR) is 82.5 cm³/mol. The van der Waals surface area contributed by atoms with Gasteiger partial charge in [-0.1, -0.05) is 18.2 Å². The maximum Gasteiger partial charge on any atom is 0.324 e. The summed E-state index contributed by atoms with van der Waals surface area (Å²) in [6, 6.07) is 10.2. The molecule has 8 heteroatoms. The van der Waals surface area contributed by atoms with Crippen molar-refractivity contribution < 1.29 is 13.2 Å². The minimum atomic E-state index is -4.03. The molecule has 112 valence electrons. The molecule has 0 bridgehead atoms. The number of hydrogen-bond acceptors (Lipinski definition) is 4. The number of aromatic nitrogens is 2. The van der Waals surface area contributed by atoms with E-state index in [2.05, 4.69) is 14.7 Å². The van der Waals surface area contributed by atoms with Crippen molar-refractivity contribution in [1.29, 1.82) is 0 Å². The number of nitrogens with one attached hydrogen (secondary N) is 3. The maximum absolute atomic E-state index is 12.2. The molecule has 0 spiro atoms. The quantitative estimate of drug-likeness (QED) is 0.680. The van der Waals surface area contributed by atoms with Gasteiger partial charge in [0.15, 0.2) is 0 Å². The van der Waals surface area contributed by atoms with Gasteiger partial charge in [-0.15, -0.1) is 0 Å². The molecule has 0 aliphatic carbocycles. The van der Waals surface area contributed by atoms with Gasteiger partial charge in [-0.05, 0) is 18.2 Å². The third kappa shape index (κ3) is 2.91. The first-order valence-electron chi connectivity index (χ1n) is 6.36. The molecule has 2 heterocycles. The van der Waals surface area contributed by atoms with E-state index < -0.39 is 16.1 Å². The Labute approximate surface area is 126 Å². The highest BCUT2D eigenvalue weighted by molar-refractivity contribution is 7.91. The molecule has 0 unspecified atom stereocenters. The number of aromatic amines is 1. The molecule has 22 heavy (non-hydrogen) atoms. The molecule has 1 aromatic carbocycles. The molecule has 0 fully saturated rings. The summed E-state index contributed by atoms with van der Waals surface area (Å²) in [5.74, 6) is -0.714. The van der Waals surface area contributed by atoms with Crippen LogP contribution >= 0.6 is 0 Å². The first-order valence-corrected chi connectivity index (χ1v) is 7.84. The van der Waals surface area contributed by atoms with Crippen molar-refractivity contribution in [3.05, 3.63) is 60.6 Å². The molecule has 0 saturated heterocycles. The summed E-state index contributed by atoms with van der Waals surface area (Å²) in [6.07, 6.45) is 4.33. The van der Waals surface area contributed by atoms with Crippen molar-refractivity contribution in [3.8, 4) is 0 Å². The first-order chi connectivity index (χ1) is 10.6. The molecule has 3 N–H and O–H groups in total. The minimum Gasteiger partial charge on any atom is -0.360 e. The molecule has 3 rings (SSSR count). The topological polar surface area (TPSA) is 104 Å². The molecule has 3 aromatic rings. The largest absolute Gasteiger partial charge is 0.360 e. The van der Waals surface area contributed by atoms with Crippen LogP contribution in [0.1, 0.15) is 10.4 Å². The van der Waals surface area contributed by atoms with Crippen molar-refractivity contribution >= 4 is 32.7 Å². The third-order valence-electron chi connectivity index (χ3n) is 2.97. The molecule has 0 atom stereocenters. The second-order valence-corrected chi connectivity index (χ2v) is 5.94. The zero-order chi connectivity index (χ0) is 15.6. The molecule has 0 saturated carbocycles. The highest BCUT2D eigenvalue weighted by Gasteiger charge is 2.18. The highest BCUT2D eigenvalue weighted by Crippen LogP contribution is 2.17. The van der Waals surface area contributed by atoms with E-state index in [1.807, 2.05) is 10.8 Å². The zero-order valence-corrected chi connectivity index (χ0v) is 12.1. The number of benzene rings is 1. The fraction of sp³-hybridized carbons (Fsp3) is 0. The van der Waals surface area contributed by atoms with E-state index in [-0.39, 0.29) is 11.3 Å². The summed E-state index contributed by atoms with van der Waals surface area (Å²) in [5, 5.41) is 0.650. The Bertz CT molecular complexity index is 919. The standard InChI is InChI=1S/C14H12N4O3S/c19-14(12-9-16-13-6-2-1-5-11(12)13)18-22(20,21)17-10-4-3-7-15-8-10/h1-9,16-17H,(H,18,19). The fourth-order valence-electron chi connectivity index (χ4n) is 2.04. The average molecular weight is 316 g/mol. The number of fused-ring (bicyclic) bond motifs is 1. The van der Waals surface area contributed by atoms with Gasteiger partial charge in [-0.3, -0.25) is 14.5 Å². The Balaban J connectivity index is 1.81. The molecular weight excluding hydrogens is 304 g/mol. The van der Waals surface area contributed by atoms with Gasteiger partial charge in [0, 0.05) is 23.3 Å². The van der Waals surface area contributed by atoms with E-state index in [4.69, 9.17) is 0 Å². The van der Waals surface area contributed by atoms with Crippen LogP contribution in [0.5, 0.6) is 0 Å². The number of para-hydroxylation sites is 1. The van der Waals surface area contributed by atoms with Gasteiger partial charge in [0.2, 0.25) is 0 Å². The summed E-state index contributed by atoms with van der Waals surface area (Å²) >= 11 is 0. The molecule has 0 aliphatic rings. The van der Waals surface area contributed by atoms with Crippen LogP contribution in [-0.2, 0) is 10.2 Å². The molecule has 2 aromatic heterocycles. The summed E-state index contributed by atoms with van der Waals surface area (Å²) in [4.78, 5) is 18.9. The van der Waals surface area contributed by atoms with Gasteiger partial charge in [0.05, 0.1) is 17.4 Å². The van der Waals surface area contributed by atoms with Crippen molar-refractivity contribution in [2.45, 2.75) is 0 Å². The zero-order valence-electron chi connectivity index (χ0n) is 11.3. The van der Waals surface area contributed by atoms with Gasteiger partial charge >= 0.3 is 10.2 Å². The van der Waals surface area contributed by atoms with Crippen molar-refractivity contribution in [1.82, 2.24) is 14.7 Å². The smallest absolute Gasteiger partial charge is 0.324 e. The molecule has 0 radical (unpaired) electrons. The molecular formula is C14H12N4O3S. The lowest BCUT2D eigenvalue weighted by Gasteiger charge is -2.08. The Morgan fingerprint density at radius 3 is 2.73 bits per heavy atom. The number of carbonyl (C=O) groups excluding carboxylic acids is 1. The number of pyridine rings is 1. The number of anilines is 1. The van der Waals surface area contributed by atoms with Crippen LogP contribution in [0.25, 0.3) is 10.9 Å². The van der Waals surface area contributed by atoms with Crippen LogP contribution in [0.2, 0.25) is 0 Å². The molecule has 1 amide bonds. The van der Waals surface area contributed by atoms with E-state index >= 15 is 0 Å². The lowest BCUT2D eigenvalue weighted by molar-refractivity contribution is 0.0983. The van der Waals surface area contributed by atoms with Crippen LogP contribution in [-0.4, -0.2) is 24.3 Å². The summed E-state index contributed by atoms with van der Waals surface area (Å²) in [7, 11) is -4.03. The van der Waals surface area contributed by atoms with Crippen LogP contribution in [0.4, 0.5) is 5.69 Å². The highest BCUT2D eigenvalue weighted by atomic mass is 32.2. The van der Waals surface area contributed by atoms with E-state index in [9.17, 15) is 13.2 Å². The monoisotopic (exact) mass is 316 g/mol. The Morgan fingerprint density at radius 1 is 1.14 bits per heavy atom. The van der Waals surface area contributed by atoms with Gasteiger partial charge < -0.3 is 4.98 Å². The second-order valence-electron chi connectivity index (χ2n) is 4.53. The van der Waals surface area contributed by atoms with E-state index in [1.54, 1.807) is 24.3 Å². The third-order valence-corrected chi connectivity index (χ3v) is 3.93. The average Bonchev–Trinajstić information content (AvgIpc) is 2.91. The summed E-state index contributed by atoms with van der Waals surface area (Å²) in [6.45, 7) is 0. The second kappa shape index (κ2) is 5.49. The normalized spacial score (nSPS) is 11.3.